The van der Waals surface area contributed by atoms with E-state index in [1.165, 1.54) is 25.3 Å². The van der Waals surface area contributed by atoms with Crippen molar-refractivity contribution in [2.75, 3.05) is 6.67 Å². The summed E-state index contributed by atoms with van der Waals surface area (Å²) in [4.78, 5) is 12.9. The van der Waals surface area contributed by atoms with E-state index in [0.29, 0.717) is 28.3 Å². The van der Waals surface area contributed by atoms with Crippen LogP contribution in [0.3, 0.4) is 0 Å². The summed E-state index contributed by atoms with van der Waals surface area (Å²) in [6.07, 6.45) is 4.38. The zero-order chi connectivity index (χ0) is 22.9. The SMILES string of the molecule is Cc1ccc2c(C#N)c(-c3ccc(S(=O)(=O)N[C@@H](C)CF)cn3)n(-c3ncccn3)c2c1. The van der Waals surface area contributed by atoms with Crippen LogP contribution in [0.1, 0.15) is 18.1 Å². The summed E-state index contributed by atoms with van der Waals surface area (Å²) in [5.41, 5.74) is 2.93. The Morgan fingerprint density at radius 2 is 1.94 bits per heavy atom. The van der Waals surface area contributed by atoms with Crippen molar-refractivity contribution >= 4 is 20.9 Å². The van der Waals surface area contributed by atoms with Gasteiger partial charge in [-0.05, 0) is 43.7 Å². The first-order chi connectivity index (χ1) is 15.4. The molecule has 0 radical (unpaired) electrons. The summed E-state index contributed by atoms with van der Waals surface area (Å²) < 4.78 is 41.6. The van der Waals surface area contributed by atoms with Crippen molar-refractivity contribution in [1.29, 1.82) is 5.26 Å². The second-order valence-corrected chi connectivity index (χ2v) is 9.01. The molecule has 0 aliphatic heterocycles. The fourth-order valence-electron chi connectivity index (χ4n) is 3.41. The number of sulfonamides is 1. The molecule has 32 heavy (non-hydrogen) atoms. The highest BCUT2D eigenvalue weighted by atomic mass is 32.2. The van der Waals surface area contributed by atoms with Crippen LogP contribution in [0.4, 0.5) is 4.39 Å². The number of hydrogen-bond donors (Lipinski definition) is 1. The molecule has 4 rings (SSSR count). The van der Waals surface area contributed by atoms with Gasteiger partial charge in [-0.3, -0.25) is 9.55 Å². The number of pyridine rings is 1. The molecule has 4 aromatic rings. The molecular formula is C22H19FN6O2S. The third-order valence-electron chi connectivity index (χ3n) is 4.86. The molecule has 3 aromatic heterocycles. The zero-order valence-corrected chi connectivity index (χ0v) is 18.1. The van der Waals surface area contributed by atoms with Gasteiger partial charge in [0.1, 0.15) is 17.6 Å². The number of aryl methyl sites for hydroxylation is 1. The van der Waals surface area contributed by atoms with Crippen molar-refractivity contribution in [3.8, 4) is 23.4 Å². The molecule has 1 N–H and O–H groups in total. The van der Waals surface area contributed by atoms with Crippen molar-refractivity contribution in [3.63, 3.8) is 0 Å². The number of fused-ring (bicyclic) bond motifs is 1. The molecule has 10 heteroatoms. The lowest BCUT2D eigenvalue weighted by molar-refractivity contribution is 0.423. The van der Waals surface area contributed by atoms with Gasteiger partial charge in [0.05, 0.1) is 22.5 Å². The normalized spacial score (nSPS) is 12.6. The van der Waals surface area contributed by atoms with Crippen LogP contribution in [-0.2, 0) is 10.0 Å². The molecular weight excluding hydrogens is 431 g/mol. The van der Waals surface area contributed by atoms with Gasteiger partial charge in [-0.25, -0.2) is 27.5 Å². The van der Waals surface area contributed by atoms with Crippen molar-refractivity contribution in [3.05, 3.63) is 66.1 Å². The number of nitriles is 1. The zero-order valence-electron chi connectivity index (χ0n) is 17.3. The third kappa shape index (κ3) is 3.84. The standard InChI is InChI=1S/C22H19FN6O2S/c1-14-4-6-17-18(12-24)21(29(20(17)10-14)22-25-8-3-9-26-22)19-7-5-16(13-27-19)32(30,31)28-15(2)11-23/h3-10,13,15,28H,11H2,1-2H3/t15-/m0/s1. The van der Waals surface area contributed by atoms with Gasteiger partial charge < -0.3 is 0 Å². The minimum Gasteiger partial charge on any atom is -0.275 e. The maximum Gasteiger partial charge on any atom is 0.242 e. The second-order valence-electron chi connectivity index (χ2n) is 7.30. The van der Waals surface area contributed by atoms with Gasteiger partial charge in [-0.15, -0.1) is 0 Å². The van der Waals surface area contributed by atoms with E-state index in [0.717, 1.165) is 11.1 Å². The van der Waals surface area contributed by atoms with Gasteiger partial charge in [0.25, 0.3) is 0 Å². The maximum absolute atomic E-state index is 12.7. The Hall–Kier alpha value is -3.68. The summed E-state index contributed by atoms with van der Waals surface area (Å²) >= 11 is 0. The van der Waals surface area contributed by atoms with Crippen molar-refractivity contribution in [1.82, 2.24) is 24.2 Å². The molecule has 0 bridgehead atoms. The average Bonchev–Trinajstić information content (AvgIpc) is 3.12. The molecule has 0 unspecified atom stereocenters. The highest BCUT2D eigenvalue weighted by Gasteiger charge is 2.23. The average molecular weight is 450 g/mol. The van der Waals surface area contributed by atoms with E-state index in [2.05, 4.69) is 25.7 Å². The first-order valence-electron chi connectivity index (χ1n) is 9.73. The van der Waals surface area contributed by atoms with E-state index >= 15 is 0 Å². The molecule has 162 valence electrons. The predicted octanol–water partition coefficient (Wildman–Crippen LogP) is 3.30. The molecule has 1 aromatic carbocycles. The molecule has 0 amide bonds. The molecule has 0 saturated carbocycles. The minimum absolute atomic E-state index is 0.102. The number of alkyl halides is 1. The van der Waals surface area contributed by atoms with Crippen molar-refractivity contribution in [2.45, 2.75) is 24.8 Å². The Morgan fingerprint density at radius 1 is 1.19 bits per heavy atom. The monoisotopic (exact) mass is 450 g/mol. The fraction of sp³-hybridized carbons (Fsp3) is 0.182. The van der Waals surface area contributed by atoms with Gasteiger partial charge >= 0.3 is 0 Å². The first kappa shape index (κ1) is 21.5. The van der Waals surface area contributed by atoms with E-state index < -0.39 is 22.7 Å². The Bertz CT molecular complexity index is 1430. The summed E-state index contributed by atoms with van der Waals surface area (Å²) in [5, 5.41) is 10.7. The molecule has 0 aliphatic carbocycles. The van der Waals surface area contributed by atoms with Crippen LogP contribution in [-0.4, -0.2) is 40.7 Å². The van der Waals surface area contributed by atoms with E-state index in [4.69, 9.17) is 0 Å². The van der Waals surface area contributed by atoms with E-state index in [1.54, 1.807) is 23.0 Å². The number of nitrogens with zero attached hydrogens (tertiary/aromatic N) is 5. The van der Waals surface area contributed by atoms with Crippen LogP contribution >= 0.6 is 0 Å². The van der Waals surface area contributed by atoms with Crippen LogP contribution in [0.5, 0.6) is 0 Å². The highest BCUT2D eigenvalue weighted by molar-refractivity contribution is 7.89. The van der Waals surface area contributed by atoms with Gasteiger partial charge in [-0.2, -0.15) is 5.26 Å². The quantitative estimate of drug-likeness (QED) is 0.482. The maximum atomic E-state index is 12.7. The van der Waals surface area contributed by atoms with Gasteiger partial charge in [0.2, 0.25) is 16.0 Å². The number of benzene rings is 1. The Morgan fingerprint density at radius 3 is 2.56 bits per heavy atom. The number of halogens is 1. The van der Waals surface area contributed by atoms with Crippen LogP contribution in [0.2, 0.25) is 0 Å². The fourth-order valence-corrected chi connectivity index (χ4v) is 4.58. The highest BCUT2D eigenvalue weighted by Crippen LogP contribution is 2.35. The second kappa shape index (κ2) is 8.45. The lowest BCUT2D eigenvalue weighted by Gasteiger charge is -2.12. The number of hydrogen-bond acceptors (Lipinski definition) is 6. The predicted molar refractivity (Wildman–Crippen MR) is 117 cm³/mol. The summed E-state index contributed by atoms with van der Waals surface area (Å²) in [6.45, 7) is 2.55. The molecule has 0 spiro atoms. The van der Waals surface area contributed by atoms with Crippen molar-refractivity contribution in [2.24, 2.45) is 0 Å². The molecule has 8 nitrogen and oxygen atoms in total. The summed E-state index contributed by atoms with van der Waals surface area (Å²) in [5.74, 6) is 0.358. The lowest BCUT2D eigenvalue weighted by Crippen LogP contribution is -2.34. The number of rotatable bonds is 6. The van der Waals surface area contributed by atoms with E-state index in [1.807, 2.05) is 25.1 Å². The Balaban J connectivity index is 1.93. The largest absolute Gasteiger partial charge is 0.275 e. The van der Waals surface area contributed by atoms with Gasteiger partial charge in [0, 0.05) is 30.0 Å². The summed E-state index contributed by atoms with van der Waals surface area (Å²) in [6, 6.07) is 11.6. The molecule has 0 saturated heterocycles. The molecule has 0 fully saturated rings. The third-order valence-corrected chi connectivity index (χ3v) is 6.44. The van der Waals surface area contributed by atoms with E-state index in [9.17, 15) is 18.1 Å². The molecule has 0 aliphatic rings. The van der Waals surface area contributed by atoms with Crippen LogP contribution in [0, 0.1) is 18.3 Å². The van der Waals surface area contributed by atoms with E-state index in [-0.39, 0.29) is 4.90 Å². The lowest BCUT2D eigenvalue weighted by atomic mass is 10.1. The topological polar surface area (TPSA) is 114 Å². The van der Waals surface area contributed by atoms with Crippen LogP contribution in [0.25, 0.3) is 28.2 Å². The Labute approximate surface area is 184 Å². The Kier molecular flexibility index (Phi) is 5.69. The van der Waals surface area contributed by atoms with Crippen LogP contribution in [0.15, 0.2) is 59.9 Å². The van der Waals surface area contributed by atoms with Crippen LogP contribution < -0.4 is 4.72 Å². The number of nitrogens with one attached hydrogen (secondary N) is 1. The smallest absolute Gasteiger partial charge is 0.242 e. The number of aromatic nitrogens is 4. The van der Waals surface area contributed by atoms with Gasteiger partial charge in [-0.1, -0.05) is 12.1 Å². The van der Waals surface area contributed by atoms with Crippen molar-refractivity contribution < 1.29 is 12.8 Å². The first-order valence-corrected chi connectivity index (χ1v) is 11.2. The molecule has 3 heterocycles. The molecule has 1 atom stereocenters. The minimum atomic E-state index is -3.93. The summed E-state index contributed by atoms with van der Waals surface area (Å²) in [7, 11) is -3.93. The van der Waals surface area contributed by atoms with Gasteiger partial charge in [0.15, 0.2) is 0 Å².